The third-order valence-corrected chi connectivity index (χ3v) is 4.64. The van der Waals surface area contributed by atoms with E-state index in [1.807, 2.05) is 36.9 Å². The molecule has 4 rings (SSSR count). The van der Waals surface area contributed by atoms with Crippen LogP contribution in [0.25, 0.3) is 22.8 Å². The van der Waals surface area contributed by atoms with Crippen LogP contribution in [0, 0.1) is 6.92 Å². The molecule has 1 aliphatic rings. The maximum Gasteiger partial charge on any atom is 0.159 e. The van der Waals surface area contributed by atoms with Gasteiger partial charge in [0.1, 0.15) is 5.82 Å². The van der Waals surface area contributed by atoms with Gasteiger partial charge in [-0.15, -0.1) is 0 Å². The fourth-order valence-electron chi connectivity index (χ4n) is 3.34. The zero-order valence-electron chi connectivity index (χ0n) is 14.4. The highest BCUT2D eigenvalue weighted by Gasteiger charge is 2.30. The molecule has 0 saturated carbocycles. The number of aromatic nitrogens is 4. The number of imidazole rings is 1. The molecule has 128 valence electrons. The Morgan fingerprint density at radius 1 is 1.12 bits per heavy atom. The van der Waals surface area contributed by atoms with Gasteiger partial charge in [-0.1, -0.05) is 23.8 Å². The minimum absolute atomic E-state index is 0.139. The topological polar surface area (TPSA) is 64.9 Å². The summed E-state index contributed by atoms with van der Waals surface area (Å²) < 4.78 is 7.74. The summed E-state index contributed by atoms with van der Waals surface area (Å²) in [4.78, 5) is 13.6. The summed E-state index contributed by atoms with van der Waals surface area (Å²) in [5, 5.41) is 3.37. The summed E-state index contributed by atoms with van der Waals surface area (Å²) >= 11 is 0. The van der Waals surface area contributed by atoms with E-state index in [1.54, 1.807) is 7.11 Å². The van der Waals surface area contributed by atoms with Gasteiger partial charge in [0.2, 0.25) is 0 Å². The standard InChI is InChI=1S/C19H21N5O/c1-13-4-3-5-14(8-13)18-22-9-15(10-23-18)19-21-6-7-24(19)16-11-20-12-17(16)25-2/h3-10,16-17,20H,11-12H2,1-2H3/t16-,17-/m0/s1. The van der Waals surface area contributed by atoms with Crippen LogP contribution in [-0.2, 0) is 4.74 Å². The molecule has 1 aliphatic heterocycles. The highest BCUT2D eigenvalue weighted by molar-refractivity contribution is 5.59. The Balaban J connectivity index is 1.64. The molecule has 0 unspecified atom stereocenters. The summed E-state index contributed by atoms with van der Waals surface area (Å²) in [6.07, 6.45) is 7.63. The van der Waals surface area contributed by atoms with Crippen LogP contribution < -0.4 is 5.32 Å². The van der Waals surface area contributed by atoms with Gasteiger partial charge in [0.15, 0.2) is 5.82 Å². The van der Waals surface area contributed by atoms with Crippen LogP contribution in [0.15, 0.2) is 49.1 Å². The number of ether oxygens (including phenoxy) is 1. The molecule has 2 atom stereocenters. The maximum atomic E-state index is 5.58. The largest absolute Gasteiger partial charge is 0.378 e. The second kappa shape index (κ2) is 6.74. The zero-order valence-corrected chi connectivity index (χ0v) is 14.4. The zero-order chi connectivity index (χ0) is 17.2. The molecule has 25 heavy (non-hydrogen) atoms. The smallest absolute Gasteiger partial charge is 0.159 e. The van der Waals surface area contributed by atoms with Crippen molar-refractivity contribution in [3.05, 3.63) is 54.6 Å². The quantitative estimate of drug-likeness (QED) is 0.793. The van der Waals surface area contributed by atoms with E-state index in [2.05, 4.69) is 43.9 Å². The second-order valence-corrected chi connectivity index (χ2v) is 6.32. The van der Waals surface area contributed by atoms with Crippen molar-refractivity contribution in [2.75, 3.05) is 20.2 Å². The number of aryl methyl sites for hydroxylation is 1. The number of nitrogens with one attached hydrogen (secondary N) is 1. The highest BCUT2D eigenvalue weighted by Crippen LogP contribution is 2.26. The predicted octanol–water partition coefficient (Wildman–Crippen LogP) is 2.47. The molecule has 0 spiro atoms. The van der Waals surface area contributed by atoms with Gasteiger partial charge in [0, 0.05) is 50.6 Å². The first-order chi connectivity index (χ1) is 12.3. The van der Waals surface area contributed by atoms with Crippen molar-refractivity contribution in [3.8, 4) is 22.8 Å². The first kappa shape index (κ1) is 15.9. The van der Waals surface area contributed by atoms with Crippen LogP contribution in [0.5, 0.6) is 0 Å². The van der Waals surface area contributed by atoms with E-state index in [9.17, 15) is 0 Å². The molecule has 0 radical (unpaired) electrons. The van der Waals surface area contributed by atoms with Gasteiger partial charge in [0.25, 0.3) is 0 Å². The summed E-state index contributed by atoms with van der Waals surface area (Å²) in [5.74, 6) is 1.59. The summed E-state index contributed by atoms with van der Waals surface area (Å²) in [6.45, 7) is 3.78. The van der Waals surface area contributed by atoms with Gasteiger partial charge in [-0.05, 0) is 13.0 Å². The lowest BCUT2D eigenvalue weighted by Gasteiger charge is -2.20. The Bertz CT molecular complexity index is 858. The number of nitrogens with zero attached hydrogens (tertiary/aromatic N) is 4. The number of rotatable bonds is 4. The van der Waals surface area contributed by atoms with E-state index in [0.717, 1.165) is 35.9 Å². The highest BCUT2D eigenvalue weighted by atomic mass is 16.5. The van der Waals surface area contributed by atoms with Gasteiger partial charge in [-0.25, -0.2) is 15.0 Å². The van der Waals surface area contributed by atoms with Crippen molar-refractivity contribution in [1.82, 2.24) is 24.8 Å². The van der Waals surface area contributed by atoms with Crippen molar-refractivity contribution < 1.29 is 4.74 Å². The number of hydrogen-bond donors (Lipinski definition) is 1. The lowest BCUT2D eigenvalue weighted by Crippen LogP contribution is -2.24. The lowest BCUT2D eigenvalue weighted by molar-refractivity contribution is 0.0871. The fraction of sp³-hybridized carbons (Fsp3) is 0.316. The molecule has 1 saturated heterocycles. The van der Waals surface area contributed by atoms with Gasteiger partial charge in [-0.3, -0.25) is 0 Å². The van der Waals surface area contributed by atoms with Crippen LogP contribution in [0.2, 0.25) is 0 Å². The van der Waals surface area contributed by atoms with E-state index in [0.29, 0.717) is 0 Å². The molecule has 1 fully saturated rings. The molecule has 0 bridgehead atoms. The van der Waals surface area contributed by atoms with Gasteiger partial charge in [0.05, 0.1) is 17.7 Å². The molecule has 0 amide bonds. The average molecular weight is 335 g/mol. The third kappa shape index (κ3) is 3.06. The average Bonchev–Trinajstić information content (AvgIpc) is 3.30. The number of hydrogen-bond acceptors (Lipinski definition) is 5. The summed E-state index contributed by atoms with van der Waals surface area (Å²) in [7, 11) is 1.75. The van der Waals surface area contributed by atoms with Crippen LogP contribution in [0.3, 0.4) is 0 Å². The molecule has 1 aromatic carbocycles. The van der Waals surface area contributed by atoms with Crippen LogP contribution in [-0.4, -0.2) is 45.8 Å². The van der Waals surface area contributed by atoms with Gasteiger partial charge < -0.3 is 14.6 Å². The molecule has 1 N–H and O–H groups in total. The number of benzene rings is 1. The molecule has 3 aromatic rings. The van der Waals surface area contributed by atoms with E-state index in [-0.39, 0.29) is 12.1 Å². The maximum absolute atomic E-state index is 5.58. The van der Waals surface area contributed by atoms with Crippen molar-refractivity contribution in [1.29, 1.82) is 0 Å². The van der Waals surface area contributed by atoms with E-state index >= 15 is 0 Å². The molecule has 3 heterocycles. The Morgan fingerprint density at radius 3 is 2.72 bits per heavy atom. The van der Waals surface area contributed by atoms with E-state index < -0.39 is 0 Å². The van der Waals surface area contributed by atoms with Crippen LogP contribution in [0.1, 0.15) is 11.6 Å². The molecular weight excluding hydrogens is 314 g/mol. The van der Waals surface area contributed by atoms with Crippen molar-refractivity contribution in [3.63, 3.8) is 0 Å². The molecule has 2 aromatic heterocycles. The van der Waals surface area contributed by atoms with Crippen molar-refractivity contribution in [2.24, 2.45) is 0 Å². The van der Waals surface area contributed by atoms with Gasteiger partial charge >= 0.3 is 0 Å². The molecular formula is C19H21N5O. The predicted molar refractivity (Wildman–Crippen MR) is 96.1 cm³/mol. The van der Waals surface area contributed by atoms with Gasteiger partial charge in [-0.2, -0.15) is 0 Å². The first-order valence-corrected chi connectivity index (χ1v) is 8.42. The Hall–Kier alpha value is -2.57. The van der Waals surface area contributed by atoms with Crippen LogP contribution in [0.4, 0.5) is 0 Å². The van der Waals surface area contributed by atoms with Crippen LogP contribution >= 0.6 is 0 Å². The summed E-state index contributed by atoms with van der Waals surface area (Å²) in [6, 6.07) is 8.42. The van der Waals surface area contributed by atoms with E-state index in [4.69, 9.17) is 4.74 Å². The minimum Gasteiger partial charge on any atom is -0.378 e. The fourth-order valence-corrected chi connectivity index (χ4v) is 3.34. The normalized spacial score (nSPS) is 20.1. The molecule has 6 nitrogen and oxygen atoms in total. The lowest BCUT2D eigenvalue weighted by atomic mass is 10.1. The Labute approximate surface area is 146 Å². The summed E-state index contributed by atoms with van der Waals surface area (Å²) in [5.41, 5.74) is 3.12. The van der Waals surface area contributed by atoms with E-state index in [1.165, 1.54) is 5.56 Å². The second-order valence-electron chi connectivity index (χ2n) is 6.32. The SMILES string of the molecule is CO[C@H]1CNC[C@@H]1n1ccnc1-c1cnc(-c2cccc(C)c2)nc1. The Morgan fingerprint density at radius 2 is 1.96 bits per heavy atom. The minimum atomic E-state index is 0.139. The van der Waals surface area contributed by atoms with Crippen molar-refractivity contribution >= 4 is 0 Å². The Kier molecular flexibility index (Phi) is 4.29. The molecule has 6 heteroatoms. The number of methoxy groups -OCH3 is 1. The monoisotopic (exact) mass is 335 g/mol. The molecule has 0 aliphatic carbocycles. The third-order valence-electron chi connectivity index (χ3n) is 4.64. The first-order valence-electron chi connectivity index (χ1n) is 8.42. The van der Waals surface area contributed by atoms with Crippen molar-refractivity contribution in [2.45, 2.75) is 19.1 Å².